The number of hydrogen-bond acceptors (Lipinski definition) is 4. The second-order valence-corrected chi connectivity index (χ2v) is 12.0. The van der Waals surface area contributed by atoms with Crippen molar-refractivity contribution in [3.05, 3.63) is 63.6 Å². The predicted molar refractivity (Wildman–Crippen MR) is 152 cm³/mol. The van der Waals surface area contributed by atoms with Gasteiger partial charge in [0.05, 0.1) is 11.9 Å². The predicted octanol–water partition coefficient (Wildman–Crippen LogP) is 5.57. The number of aryl methyl sites for hydroxylation is 1. The fourth-order valence-corrected chi connectivity index (χ4v) is 5.41. The third kappa shape index (κ3) is 9.20. The van der Waals surface area contributed by atoms with E-state index in [2.05, 4.69) is 5.32 Å². The first-order valence-electron chi connectivity index (χ1n) is 12.5. The summed E-state index contributed by atoms with van der Waals surface area (Å²) in [5.41, 5.74) is 2.16. The van der Waals surface area contributed by atoms with E-state index in [0.29, 0.717) is 27.7 Å². The molecular formula is C27H37Cl2N3O4S. The van der Waals surface area contributed by atoms with Crippen molar-refractivity contribution in [2.45, 2.75) is 72.0 Å². The Morgan fingerprint density at radius 1 is 1.05 bits per heavy atom. The minimum Gasteiger partial charge on any atom is -0.352 e. The normalized spacial score (nSPS) is 13.1. The van der Waals surface area contributed by atoms with Crippen molar-refractivity contribution in [1.29, 1.82) is 0 Å². The molecule has 0 aliphatic rings. The van der Waals surface area contributed by atoms with Gasteiger partial charge in [0.1, 0.15) is 6.04 Å². The van der Waals surface area contributed by atoms with Crippen molar-refractivity contribution in [2.24, 2.45) is 0 Å². The van der Waals surface area contributed by atoms with E-state index in [1.54, 1.807) is 36.4 Å². The van der Waals surface area contributed by atoms with Gasteiger partial charge >= 0.3 is 0 Å². The summed E-state index contributed by atoms with van der Waals surface area (Å²) in [6.45, 7) is 7.91. The average Bonchev–Trinajstić information content (AvgIpc) is 2.81. The molecule has 204 valence electrons. The highest BCUT2D eigenvalue weighted by Gasteiger charge is 2.30. The van der Waals surface area contributed by atoms with Crippen molar-refractivity contribution in [3.8, 4) is 0 Å². The molecule has 2 aromatic rings. The highest BCUT2D eigenvalue weighted by Crippen LogP contribution is 2.25. The number of halogens is 2. The van der Waals surface area contributed by atoms with E-state index in [1.165, 1.54) is 9.21 Å². The minimum absolute atomic E-state index is 0.0322. The van der Waals surface area contributed by atoms with Crippen molar-refractivity contribution in [2.75, 3.05) is 17.1 Å². The van der Waals surface area contributed by atoms with Gasteiger partial charge in [-0.3, -0.25) is 13.9 Å². The van der Waals surface area contributed by atoms with Crippen molar-refractivity contribution < 1.29 is 18.0 Å². The third-order valence-corrected chi connectivity index (χ3v) is 7.97. The van der Waals surface area contributed by atoms with Gasteiger partial charge in [0, 0.05) is 35.6 Å². The SMILES string of the molecule is CC[C@H](C)NC(=O)[C@H](CC)N(Cc1ccc(Cl)cc1Cl)C(=O)CCCN(c1cccc(C)c1)S(C)(=O)=O. The van der Waals surface area contributed by atoms with Gasteiger partial charge < -0.3 is 10.2 Å². The minimum atomic E-state index is -3.55. The van der Waals surface area contributed by atoms with Crippen LogP contribution in [0.5, 0.6) is 0 Å². The molecule has 37 heavy (non-hydrogen) atoms. The standard InChI is InChI=1S/C27H37Cl2N3O4S/c1-6-20(4)30-27(34)25(7-2)31(18-21-13-14-22(28)17-24(21)29)26(33)12-9-15-32(37(5,35)36)23-11-8-10-19(3)16-23/h8,10-11,13-14,16-17,20,25H,6-7,9,12,15,18H2,1-5H3,(H,30,34)/t20-,25-/m0/s1. The number of amides is 2. The molecule has 0 heterocycles. The number of carbonyl (C=O) groups excluding carboxylic acids is 2. The lowest BCUT2D eigenvalue weighted by molar-refractivity contribution is -0.141. The topological polar surface area (TPSA) is 86.8 Å². The van der Waals surface area contributed by atoms with Crippen molar-refractivity contribution >= 4 is 50.7 Å². The Hall–Kier alpha value is -2.29. The first kappa shape index (κ1) is 30.9. The number of hydrogen-bond donors (Lipinski definition) is 1. The molecule has 0 saturated carbocycles. The molecule has 0 saturated heterocycles. The number of rotatable bonds is 13. The van der Waals surface area contributed by atoms with Crippen molar-refractivity contribution in [3.63, 3.8) is 0 Å². The van der Waals surface area contributed by atoms with Crippen LogP contribution in [0.25, 0.3) is 0 Å². The van der Waals surface area contributed by atoms with E-state index in [-0.39, 0.29) is 43.8 Å². The Labute approximate surface area is 231 Å². The number of nitrogens with one attached hydrogen (secondary N) is 1. The van der Waals surface area contributed by atoms with Crippen LogP contribution in [0.4, 0.5) is 5.69 Å². The highest BCUT2D eigenvalue weighted by atomic mass is 35.5. The van der Waals surface area contributed by atoms with Gasteiger partial charge in [-0.1, -0.05) is 55.2 Å². The lowest BCUT2D eigenvalue weighted by atomic mass is 10.1. The maximum Gasteiger partial charge on any atom is 0.243 e. The Bertz CT molecular complexity index is 1190. The van der Waals surface area contributed by atoms with Crippen LogP contribution in [0.2, 0.25) is 10.0 Å². The number of benzene rings is 2. The highest BCUT2D eigenvalue weighted by molar-refractivity contribution is 7.92. The molecular weight excluding hydrogens is 533 g/mol. The molecule has 2 aromatic carbocycles. The second-order valence-electron chi connectivity index (χ2n) is 9.28. The molecule has 0 aliphatic carbocycles. The summed E-state index contributed by atoms with van der Waals surface area (Å²) < 4.78 is 26.3. The van der Waals surface area contributed by atoms with Crippen LogP contribution in [0.3, 0.4) is 0 Å². The van der Waals surface area contributed by atoms with Gasteiger partial charge in [-0.25, -0.2) is 8.42 Å². The lowest BCUT2D eigenvalue weighted by Crippen LogP contribution is -2.50. The van der Waals surface area contributed by atoms with E-state index in [0.717, 1.165) is 18.2 Å². The average molecular weight is 571 g/mol. The molecule has 0 aliphatic heterocycles. The van der Waals surface area contributed by atoms with E-state index < -0.39 is 16.1 Å². The zero-order chi connectivity index (χ0) is 27.8. The molecule has 0 aromatic heterocycles. The van der Waals surface area contributed by atoms with Crippen LogP contribution >= 0.6 is 23.2 Å². The van der Waals surface area contributed by atoms with E-state index in [4.69, 9.17) is 23.2 Å². The van der Waals surface area contributed by atoms with Crippen LogP contribution in [0.15, 0.2) is 42.5 Å². The fraction of sp³-hybridized carbons (Fsp3) is 0.481. The molecule has 2 amide bonds. The summed E-state index contributed by atoms with van der Waals surface area (Å²) in [5, 5.41) is 3.86. The summed E-state index contributed by atoms with van der Waals surface area (Å²) in [7, 11) is -3.55. The summed E-state index contributed by atoms with van der Waals surface area (Å²) in [5.74, 6) is -0.484. The summed E-state index contributed by atoms with van der Waals surface area (Å²) in [4.78, 5) is 28.2. The van der Waals surface area contributed by atoms with Crippen LogP contribution in [0, 0.1) is 6.92 Å². The smallest absolute Gasteiger partial charge is 0.243 e. The van der Waals surface area contributed by atoms with E-state index >= 15 is 0 Å². The van der Waals surface area contributed by atoms with E-state index in [1.807, 2.05) is 33.8 Å². The van der Waals surface area contributed by atoms with Crippen LogP contribution in [0.1, 0.15) is 57.6 Å². The molecule has 10 heteroatoms. The van der Waals surface area contributed by atoms with Crippen molar-refractivity contribution in [1.82, 2.24) is 10.2 Å². The molecule has 7 nitrogen and oxygen atoms in total. The third-order valence-electron chi connectivity index (χ3n) is 6.18. The fourth-order valence-electron chi connectivity index (χ4n) is 3.98. The molecule has 0 unspecified atom stereocenters. The molecule has 2 atom stereocenters. The monoisotopic (exact) mass is 569 g/mol. The lowest BCUT2D eigenvalue weighted by Gasteiger charge is -2.32. The van der Waals surface area contributed by atoms with E-state index in [9.17, 15) is 18.0 Å². The first-order chi connectivity index (χ1) is 17.4. The molecule has 0 bridgehead atoms. The molecule has 0 radical (unpaired) electrons. The molecule has 0 spiro atoms. The number of carbonyl (C=O) groups is 2. The van der Waals surface area contributed by atoms with Gasteiger partial charge in [0.15, 0.2) is 0 Å². The quantitative estimate of drug-likeness (QED) is 0.341. The van der Waals surface area contributed by atoms with Gasteiger partial charge in [-0.15, -0.1) is 0 Å². The summed E-state index contributed by atoms with van der Waals surface area (Å²) >= 11 is 12.4. The van der Waals surface area contributed by atoms with Gasteiger partial charge in [-0.05, 0) is 68.5 Å². The zero-order valence-corrected chi connectivity index (χ0v) is 24.5. The summed E-state index contributed by atoms with van der Waals surface area (Å²) in [6, 6.07) is 11.5. The van der Waals surface area contributed by atoms with Gasteiger partial charge in [-0.2, -0.15) is 0 Å². The zero-order valence-electron chi connectivity index (χ0n) is 22.1. The Kier molecular flexibility index (Phi) is 11.7. The van der Waals surface area contributed by atoms with Crippen LogP contribution < -0.4 is 9.62 Å². The molecule has 2 rings (SSSR count). The Morgan fingerprint density at radius 2 is 1.76 bits per heavy atom. The van der Waals surface area contributed by atoms with Crippen LogP contribution in [-0.2, 0) is 26.2 Å². The second kappa shape index (κ2) is 14.0. The summed E-state index contributed by atoms with van der Waals surface area (Å²) in [6.07, 6.45) is 2.68. The number of nitrogens with zero attached hydrogens (tertiary/aromatic N) is 2. The van der Waals surface area contributed by atoms with Gasteiger partial charge in [0.25, 0.3) is 0 Å². The Balaban J connectivity index is 2.26. The van der Waals surface area contributed by atoms with Gasteiger partial charge in [0.2, 0.25) is 21.8 Å². The van der Waals surface area contributed by atoms with Crippen LogP contribution in [-0.4, -0.2) is 50.0 Å². The Morgan fingerprint density at radius 3 is 2.32 bits per heavy atom. The number of anilines is 1. The molecule has 0 fully saturated rings. The maximum atomic E-state index is 13.5. The first-order valence-corrected chi connectivity index (χ1v) is 15.1. The number of sulfonamides is 1. The largest absolute Gasteiger partial charge is 0.352 e. The maximum absolute atomic E-state index is 13.5. The molecule has 1 N–H and O–H groups in total.